The first-order valence-electron chi connectivity index (χ1n) is 7.68. The molecule has 0 aliphatic heterocycles. The molecule has 2 rings (SSSR count). The van der Waals surface area contributed by atoms with Gasteiger partial charge in [-0.1, -0.05) is 58.0 Å². The Morgan fingerprint density at radius 1 is 1.04 bits per heavy atom. The molecule has 0 saturated carbocycles. The molecular weight excluding hydrogens is 292 g/mol. The third-order valence-corrected chi connectivity index (χ3v) is 3.97. The highest BCUT2D eigenvalue weighted by molar-refractivity contribution is 5.98. The summed E-state index contributed by atoms with van der Waals surface area (Å²) in [4.78, 5) is 16.2. The smallest absolute Gasteiger partial charge is 0.336 e. The summed E-state index contributed by atoms with van der Waals surface area (Å²) in [5.41, 5.74) is 3.10. The molecule has 2 aromatic rings. The molecular formula is C19H22O4. The van der Waals surface area contributed by atoms with Crippen LogP contribution in [0, 0.1) is 0 Å². The molecule has 0 heterocycles. The standard InChI is InChI=1S/C19H22O4/c1-11(2)13-6-5-7-14(10-13)17-16(19(20)21)9-8-15(12(3)4)18(17)23-22/h5-12,22H,1-4H3,(H,20,21). The monoisotopic (exact) mass is 314 g/mol. The number of aromatic carboxylic acids is 1. The molecule has 2 aromatic carbocycles. The van der Waals surface area contributed by atoms with E-state index in [9.17, 15) is 15.2 Å². The summed E-state index contributed by atoms with van der Waals surface area (Å²) in [5.74, 6) is -0.439. The molecule has 0 aliphatic carbocycles. The van der Waals surface area contributed by atoms with Crippen LogP contribution < -0.4 is 4.89 Å². The molecule has 0 bridgehead atoms. The Balaban J connectivity index is 2.79. The zero-order valence-electron chi connectivity index (χ0n) is 13.8. The summed E-state index contributed by atoms with van der Waals surface area (Å²) < 4.78 is 0. The fourth-order valence-corrected chi connectivity index (χ4v) is 2.67. The van der Waals surface area contributed by atoms with Crippen molar-refractivity contribution in [3.63, 3.8) is 0 Å². The lowest BCUT2D eigenvalue weighted by molar-refractivity contribution is -0.137. The molecule has 0 fully saturated rings. The lowest BCUT2D eigenvalue weighted by Gasteiger charge is -2.17. The van der Waals surface area contributed by atoms with Crippen LogP contribution in [0.25, 0.3) is 11.1 Å². The minimum absolute atomic E-state index is 0.0898. The van der Waals surface area contributed by atoms with Gasteiger partial charge >= 0.3 is 5.97 Å². The highest BCUT2D eigenvalue weighted by atomic mass is 17.1. The van der Waals surface area contributed by atoms with Crippen molar-refractivity contribution in [2.24, 2.45) is 0 Å². The van der Waals surface area contributed by atoms with Crippen LogP contribution in [0.15, 0.2) is 36.4 Å². The summed E-state index contributed by atoms with van der Waals surface area (Å²) in [7, 11) is 0. The predicted octanol–water partition coefficient (Wildman–Crippen LogP) is 5.15. The average Bonchev–Trinajstić information content (AvgIpc) is 2.53. The Hall–Kier alpha value is -2.33. The van der Waals surface area contributed by atoms with E-state index in [1.807, 2.05) is 38.1 Å². The lowest BCUT2D eigenvalue weighted by Crippen LogP contribution is -2.05. The van der Waals surface area contributed by atoms with Crippen molar-refractivity contribution in [1.29, 1.82) is 0 Å². The van der Waals surface area contributed by atoms with E-state index < -0.39 is 5.97 Å². The van der Waals surface area contributed by atoms with Gasteiger partial charge in [0.15, 0.2) is 5.75 Å². The van der Waals surface area contributed by atoms with Gasteiger partial charge in [-0.05, 0) is 29.0 Å². The molecule has 4 nitrogen and oxygen atoms in total. The van der Waals surface area contributed by atoms with E-state index in [1.54, 1.807) is 12.1 Å². The minimum atomic E-state index is -1.05. The summed E-state index contributed by atoms with van der Waals surface area (Å²) in [5, 5.41) is 18.9. The predicted molar refractivity (Wildman–Crippen MR) is 90.3 cm³/mol. The zero-order valence-corrected chi connectivity index (χ0v) is 13.8. The molecule has 0 aliphatic rings. The SMILES string of the molecule is CC(C)c1cccc(-c2c(C(=O)O)ccc(C(C)C)c2OO)c1. The number of hydrogen-bond donors (Lipinski definition) is 2. The van der Waals surface area contributed by atoms with Gasteiger partial charge in [0, 0.05) is 11.1 Å². The van der Waals surface area contributed by atoms with Crippen molar-refractivity contribution in [3.8, 4) is 16.9 Å². The first-order valence-corrected chi connectivity index (χ1v) is 7.68. The quantitative estimate of drug-likeness (QED) is 0.591. The highest BCUT2D eigenvalue weighted by Gasteiger charge is 2.22. The maximum atomic E-state index is 11.6. The summed E-state index contributed by atoms with van der Waals surface area (Å²) in [6.07, 6.45) is 0. The molecule has 0 radical (unpaired) electrons. The van der Waals surface area contributed by atoms with Crippen molar-refractivity contribution in [2.45, 2.75) is 39.5 Å². The highest BCUT2D eigenvalue weighted by Crippen LogP contribution is 2.40. The van der Waals surface area contributed by atoms with Crippen LogP contribution in [0.1, 0.15) is 61.0 Å². The topological polar surface area (TPSA) is 66.8 Å². The lowest BCUT2D eigenvalue weighted by atomic mass is 9.90. The largest absolute Gasteiger partial charge is 0.478 e. The van der Waals surface area contributed by atoms with Crippen molar-refractivity contribution in [2.75, 3.05) is 0 Å². The third-order valence-electron chi connectivity index (χ3n) is 3.97. The van der Waals surface area contributed by atoms with Gasteiger partial charge in [-0.15, -0.1) is 0 Å². The van der Waals surface area contributed by atoms with E-state index in [0.29, 0.717) is 11.5 Å². The Morgan fingerprint density at radius 3 is 2.26 bits per heavy atom. The Bertz CT molecular complexity index is 717. The Labute approximate surface area is 136 Å². The van der Waals surface area contributed by atoms with Crippen LogP contribution >= 0.6 is 0 Å². The second-order valence-corrected chi connectivity index (χ2v) is 6.24. The summed E-state index contributed by atoms with van der Waals surface area (Å²) >= 11 is 0. The summed E-state index contributed by atoms with van der Waals surface area (Å²) in [6.45, 7) is 8.08. The molecule has 0 aromatic heterocycles. The van der Waals surface area contributed by atoms with E-state index in [2.05, 4.69) is 18.7 Å². The van der Waals surface area contributed by atoms with Crippen LogP contribution in [0.3, 0.4) is 0 Å². The molecule has 0 amide bonds. The van der Waals surface area contributed by atoms with E-state index in [4.69, 9.17) is 0 Å². The fraction of sp³-hybridized carbons (Fsp3) is 0.316. The summed E-state index contributed by atoms with van der Waals surface area (Å²) in [6, 6.07) is 10.9. The minimum Gasteiger partial charge on any atom is -0.478 e. The molecule has 4 heteroatoms. The van der Waals surface area contributed by atoms with Gasteiger partial charge in [0.1, 0.15) is 0 Å². The van der Waals surface area contributed by atoms with E-state index in [-0.39, 0.29) is 17.2 Å². The average molecular weight is 314 g/mol. The molecule has 0 saturated heterocycles. The molecule has 0 unspecified atom stereocenters. The molecule has 0 atom stereocenters. The number of carboxylic acids is 1. The molecule has 0 spiro atoms. The third kappa shape index (κ3) is 3.37. The van der Waals surface area contributed by atoms with E-state index >= 15 is 0 Å². The maximum Gasteiger partial charge on any atom is 0.336 e. The normalized spacial score (nSPS) is 11.1. The van der Waals surface area contributed by atoms with Crippen molar-refractivity contribution < 1.29 is 20.0 Å². The molecule has 2 N–H and O–H groups in total. The van der Waals surface area contributed by atoms with Gasteiger partial charge in [-0.3, -0.25) is 0 Å². The van der Waals surface area contributed by atoms with Gasteiger partial charge in [0.2, 0.25) is 0 Å². The second-order valence-electron chi connectivity index (χ2n) is 6.24. The van der Waals surface area contributed by atoms with Crippen molar-refractivity contribution >= 4 is 5.97 Å². The second kappa shape index (κ2) is 6.84. The van der Waals surface area contributed by atoms with E-state index in [0.717, 1.165) is 16.7 Å². The van der Waals surface area contributed by atoms with Crippen molar-refractivity contribution in [3.05, 3.63) is 53.1 Å². The Kier molecular flexibility index (Phi) is 5.06. The van der Waals surface area contributed by atoms with Gasteiger partial charge in [-0.25, -0.2) is 10.1 Å². The number of carbonyl (C=O) groups is 1. The van der Waals surface area contributed by atoms with Gasteiger partial charge in [-0.2, -0.15) is 0 Å². The van der Waals surface area contributed by atoms with Crippen LogP contribution in [0.4, 0.5) is 0 Å². The molecule has 122 valence electrons. The number of carboxylic acid groups (broad SMARTS) is 1. The number of hydrogen-bond acceptors (Lipinski definition) is 3. The zero-order chi connectivity index (χ0) is 17.1. The van der Waals surface area contributed by atoms with Gasteiger partial charge < -0.3 is 9.99 Å². The fourth-order valence-electron chi connectivity index (χ4n) is 2.67. The number of rotatable bonds is 5. The Morgan fingerprint density at radius 2 is 1.74 bits per heavy atom. The van der Waals surface area contributed by atoms with E-state index in [1.165, 1.54) is 0 Å². The number of benzene rings is 2. The van der Waals surface area contributed by atoms with Crippen LogP contribution in [0.2, 0.25) is 0 Å². The van der Waals surface area contributed by atoms with Gasteiger partial charge in [0.05, 0.1) is 5.56 Å². The van der Waals surface area contributed by atoms with Gasteiger partial charge in [0.25, 0.3) is 0 Å². The van der Waals surface area contributed by atoms with Crippen LogP contribution in [-0.4, -0.2) is 16.3 Å². The first kappa shape index (κ1) is 17.0. The first-order chi connectivity index (χ1) is 10.9. The molecule has 23 heavy (non-hydrogen) atoms. The maximum absolute atomic E-state index is 11.6. The van der Waals surface area contributed by atoms with Crippen molar-refractivity contribution in [1.82, 2.24) is 0 Å². The van der Waals surface area contributed by atoms with Crippen LogP contribution in [-0.2, 0) is 0 Å². The van der Waals surface area contributed by atoms with Crippen LogP contribution in [0.5, 0.6) is 5.75 Å².